The van der Waals surface area contributed by atoms with Crippen molar-refractivity contribution in [2.45, 2.75) is 39.9 Å². The molecule has 0 saturated heterocycles. The Balaban J connectivity index is 3.11. The van der Waals surface area contributed by atoms with Crippen molar-refractivity contribution in [2.75, 3.05) is 0 Å². The highest BCUT2D eigenvalue weighted by Gasteiger charge is 2.37. The molecule has 0 aromatic heterocycles. The first-order chi connectivity index (χ1) is 8.74. The van der Waals surface area contributed by atoms with E-state index >= 15 is 0 Å². The molecule has 6 heteroatoms. The van der Waals surface area contributed by atoms with E-state index in [1.165, 1.54) is 0 Å². The second kappa shape index (κ2) is 6.97. The van der Waals surface area contributed by atoms with Gasteiger partial charge in [-0.05, 0) is 62.4 Å². The van der Waals surface area contributed by atoms with Crippen molar-refractivity contribution < 1.29 is 18.4 Å². The third-order valence-electron chi connectivity index (χ3n) is 2.02. The van der Waals surface area contributed by atoms with Crippen LogP contribution in [0, 0.1) is 3.57 Å². The average molecular weight is 396 g/mol. The van der Waals surface area contributed by atoms with Crippen LogP contribution in [0.5, 0.6) is 0 Å². The highest BCUT2D eigenvalue weighted by molar-refractivity contribution is 14.1. The minimum Gasteiger partial charge on any atom is -0.300 e. The van der Waals surface area contributed by atoms with Crippen molar-refractivity contribution in [3.63, 3.8) is 0 Å². The average Bonchev–Trinajstić information content (AvgIpc) is 2.25. The number of carbonyl (C=O) groups is 1. The molecule has 0 aliphatic rings. The third kappa shape index (κ3) is 4.99. The van der Waals surface area contributed by atoms with Gasteiger partial charge in [-0.25, -0.2) is 0 Å². The van der Waals surface area contributed by atoms with Crippen molar-refractivity contribution in [2.24, 2.45) is 0 Å². The van der Waals surface area contributed by atoms with Gasteiger partial charge in [0.2, 0.25) is 0 Å². The fourth-order valence-electron chi connectivity index (χ4n) is 1.46. The Labute approximate surface area is 127 Å². The number of carbonyl (C=O) groups excluding carboxylic acids is 1. The molecule has 0 radical (unpaired) electrons. The molecule has 0 unspecified atom stereocenters. The number of hydrogen-bond donors (Lipinski definition) is 0. The van der Waals surface area contributed by atoms with E-state index in [-0.39, 0.29) is 12.2 Å². The zero-order valence-corrected chi connectivity index (χ0v) is 14.5. The number of benzene rings is 1. The molecule has 0 fully saturated rings. The normalized spacial score (nSPS) is 12.2. The second-order valence-corrected chi connectivity index (χ2v) is 7.69. The van der Waals surface area contributed by atoms with Crippen molar-refractivity contribution in [3.8, 4) is 0 Å². The van der Waals surface area contributed by atoms with Crippen LogP contribution in [0.15, 0.2) is 24.3 Å². The summed E-state index contributed by atoms with van der Waals surface area (Å²) in [5.74, 6) is 0. The zero-order chi connectivity index (χ0) is 14.6. The maximum absolute atomic E-state index is 12.6. The van der Waals surface area contributed by atoms with Gasteiger partial charge in [0.25, 0.3) is 5.52 Å². The van der Waals surface area contributed by atoms with E-state index in [4.69, 9.17) is 9.05 Å². The van der Waals surface area contributed by atoms with E-state index in [1.807, 2.05) is 6.07 Å². The van der Waals surface area contributed by atoms with E-state index in [1.54, 1.807) is 45.9 Å². The summed E-state index contributed by atoms with van der Waals surface area (Å²) in [6.07, 6.45) is -0.701. The van der Waals surface area contributed by atoms with Gasteiger partial charge >= 0.3 is 7.60 Å². The van der Waals surface area contributed by atoms with Crippen LogP contribution in [0.3, 0.4) is 0 Å². The molecule has 0 saturated carbocycles. The van der Waals surface area contributed by atoms with E-state index < -0.39 is 13.1 Å². The smallest absolute Gasteiger partial charge is 0.300 e. The summed E-state index contributed by atoms with van der Waals surface area (Å²) < 4.78 is 24.1. The topological polar surface area (TPSA) is 52.6 Å². The van der Waals surface area contributed by atoms with Crippen LogP contribution >= 0.6 is 30.2 Å². The highest BCUT2D eigenvalue weighted by atomic mass is 127. The van der Waals surface area contributed by atoms with E-state index in [2.05, 4.69) is 22.6 Å². The Kier molecular flexibility index (Phi) is 6.17. The second-order valence-electron chi connectivity index (χ2n) is 4.62. The molecule has 1 aromatic rings. The molecule has 0 aliphatic carbocycles. The maximum Gasteiger partial charge on any atom is 0.402 e. The van der Waals surface area contributed by atoms with Gasteiger partial charge in [-0.1, -0.05) is 12.1 Å². The first-order valence-electron chi connectivity index (χ1n) is 6.02. The summed E-state index contributed by atoms with van der Waals surface area (Å²) in [5, 5.41) is 0. The summed E-state index contributed by atoms with van der Waals surface area (Å²) >= 11 is 2.09. The fraction of sp³-hybridized carbons (Fsp3) is 0.462. The standard InChI is InChI=1S/C13H18IO4P/c1-9(2)17-19(16,18-10(3)4)13(15)11-6-5-7-12(14)8-11/h5-10H,1-4H3. The van der Waals surface area contributed by atoms with E-state index in [0.717, 1.165) is 3.57 Å². The lowest BCUT2D eigenvalue weighted by Crippen LogP contribution is -2.14. The van der Waals surface area contributed by atoms with Crippen LogP contribution in [-0.4, -0.2) is 17.7 Å². The Morgan fingerprint density at radius 1 is 1.16 bits per heavy atom. The lowest BCUT2D eigenvalue weighted by molar-refractivity contribution is 0.0924. The Bertz CT molecular complexity index is 485. The first-order valence-corrected chi connectivity index (χ1v) is 8.64. The molecule has 0 atom stereocenters. The minimum atomic E-state index is -3.81. The van der Waals surface area contributed by atoms with Crippen molar-refractivity contribution >= 4 is 35.7 Å². The van der Waals surface area contributed by atoms with Crippen LogP contribution < -0.4 is 0 Å². The van der Waals surface area contributed by atoms with Crippen molar-refractivity contribution in [1.82, 2.24) is 0 Å². The first kappa shape index (κ1) is 16.8. The van der Waals surface area contributed by atoms with Crippen LogP contribution in [0.4, 0.5) is 0 Å². The quantitative estimate of drug-likeness (QED) is 0.526. The highest BCUT2D eigenvalue weighted by Crippen LogP contribution is 2.53. The molecule has 0 heterocycles. The molecule has 106 valence electrons. The summed E-state index contributed by atoms with van der Waals surface area (Å²) in [4.78, 5) is 12.4. The largest absolute Gasteiger partial charge is 0.402 e. The molecule has 1 aromatic carbocycles. The van der Waals surface area contributed by atoms with Gasteiger partial charge in [-0.3, -0.25) is 9.36 Å². The SMILES string of the molecule is CC(C)OP(=O)(OC(C)C)C(=O)c1cccc(I)c1. The third-order valence-corrected chi connectivity index (χ3v) is 4.84. The van der Waals surface area contributed by atoms with Crippen molar-refractivity contribution in [3.05, 3.63) is 33.4 Å². The lowest BCUT2D eigenvalue weighted by atomic mass is 10.2. The monoisotopic (exact) mass is 396 g/mol. The summed E-state index contributed by atoms with van der Waals surface area (Å²) in [5.41, 5.74) is -0.245. The van der Waals surface area contributed by atoms with Crippen LogP contribution in [-0.2, 0) is 13.6 Å². The molecule has 0 aliphatic heterocycles. The maximum atomic E-state index is 12.6. The molecule has 19 heavy (non-hydrogen) atoms. The molecule has 0 bridgehead atoms. The summed E-state index contributed by atoms with van der Waals surface area (Å²) in [7, 11) is -3.81. The van der Waals surface area contributed by atoms with Gasteiger partial charge in [0.1, 0.15) is 0 Å². The predicted octanol–water partition coefficient (Wildman–Crippen LogP) is 4.47. The Morgan fingerprint density at radius 2 is 1.68 bits per heavy atom. The van der Waals surface area contributed by atoms with Crippen LogP contribution in [0.25, 0.3) is 0 Å². The number of halogens is 1. The minimum absolute atomic E-state index is 0.344. The van der Waals surface area contributed by atoms with Gasteiger partial charge < -0.3 is 9.05 Å². The molecule has 0 N–H and O–H groups in total. The molecular weight excluding hydrogens is 378 g/mol. The summed E-state index contributed by atoms with van der Waals surface area (Å²) in [6.45, 7) is 6.88. The van der Waals surface area contributed by atoms with Gasteiger partial charge in [-0.15, -0.1) is 0 Å². The summed E-state index contributed by atoms with van der Waals surface area (Å²) in [6, 6.07) is 6.88. The molecule has 1 rings (SSSR count). The Morgan fingerprint density at radius 3 is 2.11 bits per heavy atom. The van der Waals surface area contributed by atoms with Gasteiger partial charge in [0.05, 0.1) is 12.2 Å². The lowest BCUT2D eigenvalue weighted by Gasteiger charge is -2.21. The van der Waals surface area contributed by atoms with Gasteiger partial charge in [-0.2, -0.15) is 0 Å². The van der Waals surface area contributed by atoms with Crippen LogP contribution in [0.2, 0.25) is 0 Å². The predicted molar refractivity (Wildman–Crippen MR) is 83.5 cm³/mol. The molecule has 4 nitrogen and oxygen atoms in total. The molecular formula is C13H18IO4P. The fourth-order valence-corrected chi connectivity index (χ4v) is 3.81. The zero-order valence-electron chi connectivity index (χ0n) is 11.4. The van der Waals surface area contributed by atoms with Gasteiger partial charge in [0.15, 0.2) is 0 Å². The van der Waals surface area contributed by atoms with E-state index in [9.17, 15) is 9.36 Å². The van der Waals surface area contributed by atoms with Crippen molar-refractivity contribution in [1.29, 1.82) is 0 Å². The molecule has 0 spiro atoms. The number of rotatable bonds is 6. The van der Waals surface area contributed by atoms with Gasteiger partial charge in [0, 0.05) is 9.13 Å². The number of hydrogen-bond acceptors (Lipinski definition) is 4. The van der Waals surface area contributed by atoms with Crippen LogP contribution in [0.1, 0.15) is 38.1 Å². The van der Waals surface area contributed by atoms with E-state index in [0.29, 0.717) is 5.56 Å². The Hall–Kier alpha value is -0.230. The molecule has 0 amide bonds.